The van der Waals surface area contributed by atoms with Gasteiger partial charge in [0, 0.05) is 25.3 Å². The normalized spacial score (nSPS) is 15.1. The van der Waals surface area contributed by atoms with Crippen LogP contribution in [-0.2, 0) is 17.9 Å². The van der Waals surface area contributed by atoms with Gasteiger partial charge in [0.2, 0.25) is 0 Å². The zero-order valence-electron chi connectivity index (χ0n) is 10.2. The Labute approximate surface area is 101 Å². The van der Waals surface area contributed by atoms with E-state index in [1.54, 1.807) is 6.07 Å². The van der Waals surface area contributed by atoms with Gasteiger partial charge in [-0.1, -0.05) is 6.92 Å². The van der Waals surface area contributed by atoms with Gasteiger partial charge in [-0.15, -0.1) is 0 Å². The second-order valence-corrected chi connectivity index (χ2v) is 4.39. The number of ether oxygens (including phenoxy) is 1. The van der Waals surface area contributed by atoms with Gasteiger partial charge in [0.05, 0.1) is 5.69 Å². The SMILES string of the molecule is CCCOCc1nc(CNC2CC2)cc(=O)[nH]1. The van der Waals surface area contributed by atoms with Crippen molar-refractivity contribution in [2.45, 2.75) is 45.4 Å². The van der Waals surface area contributed by atoms with Crippen LogP contribution >= 0.6 is 0 Å². The van der Waals surface area contributed by atoms with Crippen molar-refractivity contribution in [3.05, 3.63) is 27.9 Å². The molecular weight excluding hydrogens is 218 g/mol. The van der Waals surface area contributed by atoms with E-state index in [0.29, 0.717) is 31.6 Å². The zero-order chi connectivity index (χ0) is 12.1. The van der Waals surface area contributed by atoms with Gasteiger partial charge in [0.15, 0.2) is 0 Å². The highest BCUT2D eigenvalue weighted by Gasteiger charge is 2.20. The Morgan fingerprint density at radius 1 is 1.59 bits per heavy atom. The van der Waals surface area contributed by atoms with E-state index in [-0.39, 0.29) is 5.56 Å². The summed E-state index contributed by atoms with van der Waals surface area (Å²) in [6.45, 7) is 3.77. The fourth-order valence-electron chi connectivity index (χ4n) is 1.57. The summed E-state index contributed by atoms with van der Waals surface area (Å²) in [6, 6.07) is 2.16. The highest BCUT2D eigenvalue weighted by atomic mass is 16.5. The number of rotatable bonds is 7. The molecule has 5 nitrogen and oxygen atoms in total. The van der Waals surface area contributed by atoms with Gasteiger partial charge in [-0.3, -0.25) is 4.79 Å². The Morgan fingerprint density at radius 3 is 3.12 bits per heavy atom. The second kappa shape index (κ2) is 5.93. The van der Waals surface area contributed by atoms with Gasteiger partial charge >= 0.3 is 0 Å². The monoisotopic (exact) mass is 237 g/mol. The number of aromatic amines is 1. The Hall–Kier alpha value is -1.20. The molecule has 1 aliphatic rings. The number of aromatic nitrogens is 2. The van der Waals surface area contributed by atoms with E-state index in [9.17, 15) is 4.79 Å². The van der Waals surface area contributed by atoms with E-state index in [0.717, 1.165) is 12.1 Å². The minimum atomic E-state index is -0.109. The molecule has 0 unspecified atom stereocenters. The fraction of sp³-hybridized carbons (Fsp3) is 0.667. The lowest BCUT2D eigenvalue weighted by Gasteiger charge is -2.05. The molecule has 94 valence electrons. The summed E-state index contributed by atoms with van der Waals surface area (Å²) in [4.78, 5) is 18.5. The van der Waals surface area contributed by atoms with Crippen LogP contribution in [0.1, 0.15) is 37.7 Å². The molecule has 1 saturated carbocycles. The molecule has 1 aliphatic carbocycles. The van der Waals surface area contributed by atoms with E-state index in [2.05, 4.69) is 15.3 Å². The molecule has 1 heterocycles. The summed E-state index contributed by atoms with van der Waals surface area (Å²) in [7, 11) is 0. The average molecular weight is 237 g/mol. The number of H-pyrrole nitrogens is 1. The van der Waals surface area contributed by atoms with Gasteiger partial charge in [-0.05, 0) is 19.3 Å². The van der Waals surface area contributed by atoms with E-state index in [1.807, 2.05) is 6.92 Å². The maximum atomic E-state index is 11.4. The molecule has 0 radical (unpaired) electrons. The fourth-order valence-corrected chi connectivity index (χ4v) is 1.57. The summed E-state index contributed by atoms with van der Waals surface area (Å²) < 4.78 is 5.36. The molecule has 0 amide bonds. The quantitative estimate of drug-likeness (QED) is 0.693. The van der Waals surface area contributed by atoms with E-state index >= 15 is 0 Å². The van der Waals surface area contributed by atoms with Crippen molar-refractivity contribution in [1.29, 1.82) is 0 Å². The first-order valence-corrected chi connectivity index (χ1v) is 6.18. The lowest BCUT2D eigenvalue weighted by Crippen LogP contribution is -2.20. The van der Waals surface area contributed by atoms with Crippen molar-refractivity contribution in [2.75, 3.05) is 6.61 Å². The smallest absolute Gasteiger partial charge is 0.251 e. The Morgan fingerprint density at radius 2 is 2.41 bits per heavy atom. The molecule has 17 heavy (non-hydrogen) atoms. The molecule has 1 aromatic rings. The van der Waals surface area contributed by atoms with Crippen LogP contribution in [0, 0.1) is 0 Å². The second-order valence-electron chi connectivity index (χ2n) is 4.39. The summed E-state index contributed by atoms with van der Waals surface area (Å²) in [5.41, 5.74) is 0.679. The Kier molecular flexibility index (Phi) is 4.28. The highest BCUT2D eigenvalue weighted by Crippen LogP contribution is 2.18. The molecule has 0 atom stereocenters. The Bertz CT molecular complexity index is 412. The molecule has 1 fully saturated rings. The minimum absolute atomic E-state index is 0.109. The topological polar surface area (TPSA) is 67.0 Å². The first-order chi connectivity index (χ1) is 8.28. The predicted molar refractivity (Wildman–Crippen MR) is 64.7 cm³/mol. The number of nitrogens with zero attached hydrogens (tertiary/aromatic N) is 1. The summed E-state index contributed by atoms with van der Waals surface area (Å²) in [6.07, 6.45) is 3.43. The van der Waals surface area contributed by atoms with Crippen molar-refractivity contribution in [3.8, 4) is 0 Å². The molecule has 5 heteroatoms. The summed E-state index contributed by atoms with van der Waals surface area (Å²) in [5.74, 6) is 0.610. The predicted octanol–water partition coefficient (Wildman–Crippen LogP) is 0.948. The minimum Gasteiger partial charge on any atom is -0.374 e. The van der Waals surface area contributed by atoms with Gasteiger partial charge in [-0.25, -0.2) is 4.98 Å². The molecule has 0 spiro atoms. The van der Waals surface area contributed by atoms with Crippen molar-refractivity contribution < 1.29 is 4.74 Å². The zero-order valence-corrected chi connectivity index (χ0v) is 10.2. The third-order valence-electron chi connectivity index (χ3n) is 2.58. The van der Waals surface area contributed by atoms with E-state index in [1.165, 1.54) is 12.8 Å². The van der Waals surface area contributed by atoms with Gasteiger partial charge in [0.25, 0.3) is 5.56 Å². The van der Waals surface area contributed by atoms with Crippen LogP contribution < -0.4 is 10.9 Å². The van der Waals surface area contributed by atoms with Crippen LogP contribution in [0.4, 0.5) is 0 Å². The van der Waals surface area contributed by atoms with Crippen LogP contribution in [0.15, 0.2) is 10.9 Å². The highest BCUT2D eigenvalue weighted by molar-refractivity contribution is 5.03. The standard InChI is InChI=1S/C12H19N3O2/c1-2-5-17-8-11-14-10(6-12(16)15-11)7-13-9-3-4-9/h6,9,13H,2-5,7-8H2,1H3,(H,14,15,16). The van der Waals surface area contributed by atoms with Crippen LogP contribution in [0.25, 0.3) is 0 Å². The molecule has 0 aliphatic heterocycles. The molecule has 1 aromatic heterocycles. The molecule has 0 saturated heterocycles. The van der Waals surface area contributed by atoms with Gasteiger partial charge in [0.1, 0.15) is 12.4 Å². The third-order valence-corrected chi connectivity index (χ3v) is 2.58. The Balaban J connectivity index is 1.92. The van der Waals surface area contributed by atoms with Crippen LogP contribution in [0.2, 0.25) is 0 Å². The van der Waals surface area contributed by atoms with Gasteiger partial charge in [-0.2, -0.15) is 0 Å². The molecule has 2 N–H and O–H groups in total. The van der Waals surface area contributed by atoms with Crippen molar-refractivity contribution in [3.63, 3.8) is 0 Å². The van der Waals surface area contributed by atoms with Crippen LogP contribution in [-0.4, -0.2) is 22.6 Å². The lowest BCUT2D eigenvalue weighted by atomic mass is 10.4. The molecule has 2 rings (SSSR count). The van der Waals surface area contributed by atoms with Crippen LogP contribution in [0.3, 0.4) is 0 Å². The van der Waals surface area contributed by atoms with Crippen molar-refractivity contribution >= 4 is 0 Å². The summed E-state index contributed by atoms with van der Waals surface area (Å²) in [5, 5.41) is 3.34. The summed E-state index contributed by atoms with van der Waals surface area (Å²) >= 11 is 0. The van der Waals surface area contributed by atoms with E-state index in [4.69, 9.17) is 4.74 Å². The van der Waals surface area contributed by atoms with Gasteiger partial charge < -0.3 is 15.0 Å². The lowest BCUT2D eigenvalue weighted by molar-refractivity contribution is 0.115. The number of hydrogen-bond donors (Lipinski definition) is 2. The maximum absolute atomic E-state index is 11.4. The van der Waals surface area contributed by atoms with E-state index < -0.39 is 0 Å². The van der Waals surface area contributed by atoms with Crippen molar-refractivity contribution in [2.24, 2.45) is 0 Å². The van der Waals surface area contributed by atoms with Crippen LogP contribution in [0.5, 0.6) is 0 Å². The molecular formula is C12H19N3O2. The van der Waals surface area contributed by atoms with Crippen molar-refractivity contribution in [1.82, 2.24) is 15.3 Å². The largest absolute Gasteiger partial charge is 0.374 e. The molecule has 0 aromatic carbocycles. The number of nitrogens with one attached hydrogen (secondary N) is 2. The maximum Gasteiger partial charge on any atom is 0.251 e. The first-order valence-electron chi connectivity index (χ1n) is 6.18. The molecule has 0 bridgehead atoms. The third kappa shape index (κ3) is 4.28. The first kappa shape index (κ1) is 12.3. The number of hydrogen-bond acceptors (Lipinski definition) is 4. The average Bonchev–Trinajstić information content (AvgIpc) is 3.10.